The van der Waals surface area contributed by atoms with Crippen LogP contribution in [0.25, 0.3) is 11.5 Å². The number of oxazole rings is 1. The van der Waals surface area contributed by atoms with E-state index in [-0.39, 0.29) is 18.0 Å². The van der Waals surface area contributed by atoms with Crippen molar-refractivity contribution in [1.29, 1.82) is 0 Å². The Kier molecular flexibility index (Phi) is 5.65. The summed E-state index contributed by atoms with van der Waals surface area (Å²) in [5, 5.41) is 12.4. The molecule has 5 nitrogen and oxygen atoms in total. The van der Waals surface area contributed by atoms with E-state index in [9.17, 15) is 4.39 Å². The highest BCUT2D eigenvalue weighted by Crippen LogP contribution is 2.20. The van der Waals surface area contributed by atoms with Gasteiger partial charge in [0.05, 0.1) is 12.3 Å². The molecule has 0 bridgehead atoms. The molecule has 1 unspecified atom stereocenters. The summed E-state index contributed by atoms with van der Waals surface area (Å²) >= 11 is 0. The fourth-order valence-electron chi connectivity index (χ4n) is 2.22. The first-order chi connectivity index (χ1) is 10.6. The van der Waals surface area contributed by atoms with E-state index in [2.05, 4.69) is 10.3 Å². The average molecular weight is 308 g/mol. The molecule has 0 aliphatic rings. The number of methoxy groups -OCH3 is 1. The number of aromatic nitrogens is 1. The highest BCUT2D eigenvalue weighted by molar-refractivity contribution is 5.52. The third-order valence-corrected chi connectivity index (χ3v) is 3.45. The van der Waals surface area contributed by atoms with Crippen LogP contribution in [-0.4, -0.2) is 36.0 Å². The van der Waals surface area contributed by atoms with Crippen molar-refractivity contribution in [3.8, 4) is 11.5 Å². The maximum Gasteiger partial charge on any atom is 0.226 e. The van der Waals surface area contributed by atoms with E-state index in [0.717, 1.165) is 0 Å². The maximum absolute atomic E-state index is 13.2. The molecule has 1 atom stereocenters. The number of ether oxygens (including phenoxy) is 1. The number of halogens is 1. The minimum atomic E-state index is -0.346. The van der Waals surface area contributed by atoms with E-state index in [1.165, 1.54) is 12.1 Å². The van der Waals surface area contributed by atoms with Gasteiger partial charge in [-0.2, -0.15) is 0 Å². The van der Waals surface area contributed by atoms with Gasteiger partial charge in [0.2, 0.25) is 5.89 Å². The van der Waals surface area contributed by atoms with Crippen molar-refractivity contribution in [3.63, 3.8) is 0 Å². The summed E-state index contributed by atoms with van der Waals surface area (Å²) in [4.78, 5) is 4.35. The molecule has 22 heavy (non-hydrogen) atoms. The minimum Gasteiger partial charge on any atom is -0.444 e. The standard InChI is InChI=1S/C16H21FN2O3/c1-16(6-7-20,11-21-2)18-9-14-10-22-15(19-14)12-4-3-5-13(17)8-12/h3-5,8,10,18,20H,6-7,9,11H2,1-2H3. The van der Waals surface area contributed by atoms with Gasteiger partial charge in [0.1, 0.15) is 12.1 Å². The Morgan fingerprint density at radius 1 is 1.45 bits per heavy atom. The Labute approximate surface area is 129 Å². The Hall–Kier alpha value is -1.76. The first-order valence-corrected chi connectivity index (χ1v) is 7.11. The fourth-order valence-corrected chi connectivity index (χ4v) is 2.22. The van der Waals surface area contributed by atoms with Gasteiger partial charge in [0.15, 0.2) is 0 Å². The second-order valence-corrected chi connectivity index (χ2v) is 5.48. The number of nitrogens with zero attached hydrogens (tertiary/aromatic N) is 1. The maximum atomic E-state index is 13.2. The predicted molar refractivity (Wildman–Crippen MR) is 80.7 cm³/mol. The van der Waals surface area contributed by atoms with Crippen molar-refractivity contribution >= 4 is 0 Å². The van der Waals surface area contributed by atoms with Gasteiger partial charge in [-0.05, 0) is 31.5 Å². The van der Waals surface area contributed by atoms with Gasteiger partial charge in [-0.3, -0.25) is 0 Å². The lowest BCUT2D eigenvalue weighted by atomic mass is 9.99. The molecular weight excluding hydrogens is 287 g/mol. The van der Waals surface area contributed by atoms with Crippen LogP contribution in [0.15, 0.2) is 34.9 Å². The van der Waals surface area contributed by atoms with Crippen molar-refractivity contribution in [2.45, 2.75) is 25.4 Å². The molecule has 0 saturated heterocycles. The highest BCUT2D eigenvalue weighted by atomic mass is 19.1. The average Bonchev–Trinajstić information content (AvgIpc) is 2.95. The van der Waals surface area contributed by atoms with Crippen LogP contribution in [0, 0.1) is 5.82 Å². The van der Waals surface area contributed by atoms with Gasteiger partial charge in [-0.25, -0.2) is 9.37 Å². The predicted octanol–water partition coefficient (Wildman–Crippen LogP) is 2.36. The van der Waals surface area contributed by atoms with Crippen LogP contribution in [0.3, 0.4) is 0 Å². The lowest BCUT2D eigenvalue weighted by Crippen LogP contribution is -2.46. The molecule has 2 aromatic rings. The fraction of sp³-hybridized carbons (Fsp3) is 0.438. The third kappa shape index (κ3) is 4.37. The smallest absolute Gasteiger partial charge is 0.226 e. The van der Waals surface area contributed by atoms with Crippen LogP contribution in [0.4, 0.5) is 4.39 Å². The molecule has 6 heteroatoms. The molecule has 120 valence electrons. The largest absolute Gasteiger partial charge is 0.444 e. The monoisotopic (exact) mass is 308 g/mol. The molecule has 1 heterocycles. The second kappa shape index (κ2) is 7.49. The van der Waals surface area contributed by atoms with Gasteiger partial charge in [0.25, 0.3) is 0 Å². The summed E-state index contributed by atoms with van der Waals surface area (Å²) in [6, 6.07) is 6.11. The highest BCUT2D eigenvalue weighted by Gasteiger charge is 2.23. The van der Waals surface area contributed by atoms with Crippen LogP contribution in [0.5, 0.6) is 0 Å². The molecular formula is C16H21FN2O3. The van der Waals surface area contributed by atoms with Gasteiger partial charge < -0.3 is 19.6 Å². The van der Waals surface area contributed by atoms with E-state index in [0.29, 0.717) is 36.7 Å². The molecule has 2 rings (SSSR count). The van der Waals surface area contributed by atoms with Crippen LogP contribution in [-0.2, 0) is 11.3 Å². The summed E-state index contributed by atoms with van der Waals surface area (Å²) in [5.41, 5.74) is 0.961. The van der Waals surface area contributed by atoms with Crippen LogP contribution >= 0.6 is 0 Å². The molecule has 0 spiro atoms. The van der Waals surface area contributed by atoms with Crippen LogP contribution in [0.2, 0.25) is 0 Å². The number of nitrogens with one attached hydrogen (secondary N) is 1. The number of hydrogen-bond donors (Lipinski definition) is 2. The zero-order valence-electron chi connectivity index (χ0n) is 12.8. The second-order valence-electron chi connectivity index (χ2n) is 5.48. The Bertz CT molecular complexity index is 595. The third-order valence-electron chi connectivity index (χ3n) is 3.45. The van der Waals surface area contributed by atoms with Crippen molar-refractivity contribution in [1.82, 2.24) is 10.3 Å². The minimum absolute atomic E-state index is 0.0697. The van der Waals surface area contributed by atoms with Gasteiger partial charge >= 0.3 is 0 Å². The number of benzene rings is 1. The summed E-state index contributed by atoms with van der Waals surface area (Å²) in [7, 11) is 1.62. The number of aliphatic hydroxyl groups excluding tert-OH is 1. The summed E-state index contributed by atoms with van der Waals surface area (Å²) in [6.07, 6.45) is 2.11. The Morgan fingerprint density at radius 3 is 2.95 bits per heavy atom. The molecule has 0 amide bonds. The molecule has 0 aliphatic carbocycles. The lowest BCUT2D eigenvalue weighted by Gasteiger charge is -2.29. The van der Waals surface area contributed by atoms with Crippen LogP contribution in [0.1, 0.15) is 19.0 Å². The summed E-state index contributed by atoms with van der Waals surface area (Å²) < 4.78 is 23.8. The Balaban J connectivity index is 2.03. The molecule has 0 saturated carbocycles. The molecule has 0 aliphatic heterocycles. The van der Waals surface area contributed by atoms with E-state index in [4.69, 9.17) is 14.3 Å². The summed E-state index contributed by atoms with van der Waals surface area (Å²) in [5.74, 6) is 0.0536. The molecule has 1 aromatic heterocycles. The lowest BCUT2D eigenvalue weighted by molar-refractivity contribution is 0.0967. The van der Waals surface area contributed by atoms with E-state index in [1.54, 1.807) is 25.5 Å². The molecule has 2 N–H and O–H groups in total. The number of rotatable bonds is 8. The molecule has 1 aromatic carbocycles. The molecule has 0 radical (unpaired) electrons. The van der Waals surface area contributed by atoms with Crippen molar-refractivity contribution in [2.75, 3.05) is 20.3 Å². The first-order valence-electron chi connectivity index (χ1n) is 7.11. The van der Waals surface area contributed by atoms with E-state index in [1.807, 2.05) is 6.92 Å². The SMILES string of the molecule is COCC(C)(CCO)NCc1coc(-c2cccc(F)c2)n1. The number of hydrogen-bond acceptors (Lipinski definition) is 5. The summed E-state index contributed by atoms with van der Waals surface area (Å²) in [6.45, 7) is 2.99. The zero-order valence-corrected chi connectivity index (χ0v) is 12.8. The normalized spacial score (nSPS) is 14.0. The quantitative estimate of drug-likeness (QED) is 0.783. The van der Waals surface area contributed by atoms with Gasteiger partial charge in [0, 0.05) is 31.4 Å². The number of aliphatic hydroxyl groups is 1. The molecule has 0 fully saturated rings. The first kappa shape index (κ1) is 16.6. The van der Waals surface area contributed by atoms with E-state index >= 15 is 0 Å². The van der Waals surface area contributed by atoms with Crippen molar-refractivity contribution in [3.05, 3.63) is 42.0 Å². The van der Waals surface area contributed by atoms with E-state index < -0.39 is 0 Å². The van der Waals surface area contributed by atoms with Crippen LogP contribution < -0.4 is 5.32 Å². The van der Waals surface area contributed by atoms with Gasteiger partial charge in [-0.15, -0.1) is 0 Å². The van der Waals surface area contributed by atoms with Crippen molar-refractivity contribution in [2.24, 2.45) is 0 Å². The topological polar surface area (TPSA) is 67.5 Å². The zero-order chi connectivity index (χ0) is 16.0. The van der Waals surface area contributed by atoms with Gasteiger partial charge in [-0.1, -0.05) is 6.07 Å². The van der Waals surface area contributed by atoms with Crippen molar-refractivity contribution < 1.29 is 18.7 Å². The Morgan fingerprint density at radius 2 is 2.27 bits per heavy atom.